The second kappa shape index (κ2) is 6.61. The zero-order chi connectivity index (χ0) is 14.5. The van der Waals surface area contributed by atoms with Crippen molar-refractivity contribution in [3.8, 4) is 11.5 Å². The summed E-state index contributed by atoms with van der Waals surface area (Å²) in [6.07, 6.45) is 2.98. The summed E-state index contributed by atoms with van der Waals surface area (Å²) in [5, 5.41) is 0. The summed E-state index contributed by atoms with van der Waals surface area (Å²) in [4.78, 5) is 14.6. The third kappa shape index (κ3) is 3.42. The van der Waals surface area contributed by atoms with E-state index in [-0.39, 0.29) is 5.91 Å². The number of carbonyl (C=O) groups is 1. The molecular formula is C15H22N2O3. The molecule has 1 aromatic rings. The number of benzene rings is 1. The van der Waals surface area contributed by atoms with Gasteiger partial charge in [0, 0.05) is 24.2 Å². The van der Waals surface area contributed by atoms with Crippen molar-refractivity contribution in [2.45, 2.75) is 25.3 Å². The number of hydrogen-bond donors (Lipinski definition) is 1. The third-order valence-electron chi connectivity index (χ3n) is 3.45. The van der Waals surface area contributed by atoms with Gasteiger partial charge in [0.25, 0.3) is 5.91 Å². The number of carbonyl (C=O) groups excluding carboxylic acids is 1. The molecule has 0 saturated heterocycles. The number of rotatable bonds is 7. The molecule has 0 atom stereocenters. The Hall–Kier alpha value is -1.75. The molecule has 0 unspecified atom stereocenters. The van der Waals surface area contributed by atoms with Gasteiger partial charge in [-0.05, 0) is 37.9 Å². The van der Waals surface area contributed by atoms with Crippen molar-refractivity contribution in [2.24, 2.45) is 5.73 Å². The van der Waals surface area contributed by atoms with Gasteiger partial charge < -0.3 is 20.1 Å². The summed E-state index contributed by atoms with van der Waals surface area (Å²) in [6.45, 7) is 1.30. The number of hydrogen-bond acceptors (Lipinski definition) is 4. The molecule has 5 nitrogen and oxygen atoms in total. The maximum Gasteiger partial charge on any atom is 0.254 e. The largest absolute Gasteiger partial charge is 0.497 e. The maximum absolute atomic E-state index is 12.6. The van der Waals surface area contributed by atoms with E-state index in [1.807, 2.05) is 4.90 Å². The SMILES string of the molecule is COc1cc(OC)cc(C(=O)N(CCCN)C2CC2)c1. The summed E-state index contributed by atoms with van der Waals surface area (Å²) in [7, 11) is 3.16. The summed E-state index contributed by atoms with van der Waals surface area (Å²) in [5.41, 5.74) is 6.15. The molecule has 110 valence electrons. The first kappa shape index (κ1) is 14.7. The molecule has 1 aromatic carbocycles. The lowest BCUT2D eigenvalue weighted by atomic mass is 10.1. The molecule has 0 heterocycles. The van der Waals surface area contributed by atoms with Gasteiger partial charge in [0.1, 0.15) is 11.5 Å². The summed E-state index contributed by atoms with van der Waals surface area (Å²) >= 11 is 0. The lowest BCUT2D eigenvalue weighted by Crippen LogP contribution is -2.34. The van der Waals surface area contributed by atoms with Crippen LogP contribution < -0.4 is 15.2 Å². The molecule has 0 bridgehead atoms. The highest BCUT2D eigenvalue weighted by Gasteiger charge is 2.32. The van der Waals surface area contributed by atoms with E-state index in [0.29, 0.717) is 36.2 Å². The smallest absolute Gasteiger partial charge is 0.254 e. The van der Waals surface area contributed by atoms with Crippen LogP contribution in [0, 0.1) is 0 Å². The minimum atomic E-state index is 0.0261. The van der Waals surface area contributed by atoms with E-state index in [0.717, 1.165) is 19.3 Å². The Balaban J connectivity index is 2.21. The van der Waals surface area contributed by atoms with Crippen LogP contribution in [0.1, 0.15) is 29.6 Å². The predicted octanol–water partition coefficient (Wildman–Crippen LogP) is 1.66. The minimum absolute atomic E-state index is 0.0261. The first-order chi connectivity index (χ1) is 9.69. The van der Waals surface area contributed by atoms with Crippen LogP contribution in [-0.4, -0.2) is 44.2 Å². The van der Waals surface area contributed by atoms with Crippen molar-refractivity contribution in [3.63, 3.8) is 0 Å². The van der Waals surface area contributed by atoms with Gasteiger partial charge in [-0.15, -0.1) is 0 Å². The summed E-state index contributed by atoms with van der Waals surface area (Å²) < 4.78 is 10.4. The molecule has 0 aromatic heterocycles. The van der Waals surface area contributed by atoms with E-state index in [9.17, 15) is 4.79 Å². The summed E-state index contributed by atoms with van der Waals surface area (Å²) in [5.74, 6) is 1.28. The number of nitrogens with zero attached hydrogens (tertiary/aromatic N) is 1. The lowest BCUT2D eigenvalue weighted by Gasteiger charge is -2.22. The molecule has 2 N–H and O–H groups in total. The number of amides is 1. The molecule has 0 spiro atoms. The van der Waals surface area contributed by atoms with Crippen molar-refractivity contribution in [1.29, 1.82) is 0 Å². The van der Waals surface area contributed by atoms with Crippen LogP contribution in [-0.2, 0) is 0 Å². The Bertz CT molecular complexity index is 450. The van der Waals surface area contributed by atoms with E-state index < -0.39 is 0 Å². The van der Waals surface area contributed by atoms with E-state index in [4.69, 9.17) is 15.2 Å². The molecule has 0 aliphatic heterocycles. The molecule has 1 amide bonds. The molecule has 1 saturated carbocycles. The van der Waals surface area contributed by atoms with Crippen molar-refractivity contribution in [2.75, 3.05) is 27.3 Å². The molecule has 5 heteroatoms. The topological polar surface area (TPSA) is 64.8 Å². The standard InChI is InChI=1S/C15H22N2O3/c1-19-13-8-11(9-14(10-13)20-2)15(18)17(7-3-6-16)12-4-5-12/h8-10,12H,3-7,16H2,1-2H3. The van der Waals surface area contributed by atoms with Gasteiger partial charge in [-0.2, -0.15) is 0 Å². The van der Waals surface area contributed by atoms with Crippen molar-refractivity contribution in [3.05, 3.63) is 23.8 Å². The highest BCUT2D eigenvalue weighted by molar-refractivity contribution is 5.95. The van der Waals surface area contributed by atoms with Crippen LogP contribution in [0.15, 0.2) is 18.2 Å². The Morgan fingerprint density at radius 2 is 1.85 bits per heavy atom. The predicted molar refractivity (Wildman–Crippen MR) is 77.3 cm³/mol. The van der Waals surface area contributed by atoms with Gasteiger partial charge in [-0.1, -0.05) is 0 Å². The fourth-order valence-electron chi connectivity index (χ4n) is 2.19. The van der Waals surface area contributed by atoms with Gasteiger partial charge >= 0.3 is 0 Å². The molecule has 20 heavy (non-hydrogen) atoms. The van der Waals surface area contributed by atoms with E-state index in [1.165, 1.54) is 0 Å². The van der Waals surface area contributed by atoms with Gasteiger partial charge in [0.2, 0.25) is 0 Å². The van der Waals surface area contributed by atoms with Crippen molar-refractivity contribution >= 4 is 5.91 Å². The van der Waals surface area contributed by atoms with Crippen LogP contribution in [0.3, 0.4) is 0 Å². The number of nitrogens with two attached hydrogens (primary N) is 1. The lowest BCUT2D eigenvalue weighted by molar-refractivity contribution is 0.0741. The van der Waals surface area contributed by atoms with Crippen molar-refractivity contribution in [1.82, 2.24) is 4.90 Å². The van der Waals surface area contributed by atoms with Gasteiger partial charge in [0.15, 0.2) is 0 Å². The Labute approximate surface area is 119 Å². The van der Waals surface area contributed by atoms with E-state index >= 15 is 0 Å². The molecular weight excluding hydrogens is 256 g/mol. The minimum Gasteiger partial charge on any atom is -0.497 e. The van der Waals surface area contributed by atoms with E-state index in [1.54, 1.807) is 32.4 Å². The van der Waals surface area contributed by atoms with Crippen LogP contribution in [0.4, 0.5) is 0 Å². The zero-order valence-electron chi connectivity index (χ0n) is 12.1. The average molecular weight is 278 g/mol. The monoisotopic (exact) mass is 278 g/mol. The van der Waals surface area contributed by atoms with Gasteiger partial charge in [-0.25, -0.2) is 0 Å². The fraction of sp³-hybridized carbons (Fsp3) is 0.533. The van der Waals surface area contributed by atoms with Crippen LogP contribution in [0.5, 0.6) is 11.5 Å². The van der Waals surface area contributed by atoms with Crippen LogP contribution in [0.2, 0.25) is 0 Å². The van der Waals surface area contributed by atoms with Gasteiger partial charge in [0.05, 0.1) is 14.2 Å². The Morgan fingerprint density at radius 3 is 2.30 bits per heavy atom. The average Bonchev–Trinajstić information content (AvgIpc) is 3.31. The first-order valence-corrected chi connectivity index (χ1v) is 6.93. The number of ether oxygens (including phenoxy) is 2. The zero-order valence-corrected chi connectivity index (χ0v) is 12.1. The maximum atomic E-state index is 12.6. The Morgan fingerprint density at radius 1 is 1.25 bits per heavy atom. The van der Waals surface area contributed by atoms with Gasteiger partial charge in [-0.3, -0.25) is 4.79 Å². The van der Waals surface area contributed by atoms with Crippen LogP contribution >= 0.6 is 0 Å². The second-order valence-electron chi connectivity index (χ2n) is 4.97. The quantitative estimate of drug-likeness (QED) is 0.824. The summed E-state index contributed by atoms with van der Waals surface area (Å²) in [6, 6.07) is 5.63. The molecule has 1 aliphatic rings. The molecule has 2 rings (SSSR count). The highest BCUT2D eigenvalue weighted by atomic mass is 16.5. The van der Waals surface area contributed by atoms with E-state index in [2.05, 4.69) is 0 Å². The normalized spacial score (nSPS) is 13.9. The molecule has 0 radical (unpaired) electrons. The third-order valence-corrected chi connectivity index (χ3v) is 3.45. The fourth-order valence-corrected chi connectivity index (χ4v) is 2.19. The van der Waals surface area contributed by atoms with Crippen molar-refractivity contribution < 1.29 is 14.3 Å². The molecule has 1 aliphatic carbocycles. The van der Waals surface area contributed by atoms with Crippen LogP contribution in [0.25, 0.3) is 0 Å². The Kier molecular flexibility index (Phi) is 4.84. The second-order valence-corrected chi connectivity index (χ2v) is 4.97. The number of methoxy groups -OCH3 is 2. The first-order valence-electron chi connectivity index (χ1n) is 6.93. The molecule has 1 fully saturated rings. The highest BCUT2D eigenvalue weighted by Crippen LogP contribution is 2.30.